The molecule has 1 atom stereocenters. The lowest BCUT2D eigenvalue weighted by atomic mass is 9.98. The molecule has 7 nitrogen and oxygen atoms in total. The predicted molar refractivity (Wildman–Crippen MR) is 108 cm³/mol. The number of benzene rings is 2. The van der Waals surface area contributed by atoms with Gasteiger partial charge in [-0.15, -0.1) is 0 Å². The first kappa shape index (κ1) is 20.9. The summed E-state index contributed by atoms with van der Waals surface area (Å²) in [5.74, 6) is -3.21. The Morgan fingerprint density at radius 1 is 1.17 bits per heavy atom. The number of aromatic nitrogens is 2. The highest BCUT2D eigenvalue weighted by Gasteiger charge is 2.21. The second kappa shape index (κ2) is 9.13. The molecule has 0 aliphatic carbocycles. The highest BCUT2D eigenvalue weighted by molar-refractivity contribution is 5.92. The first-order valence-electron chi connectivity index (χ1n) is 9.26. The van der Waals surface area contributed by atoms with E-state index in [1.54, 1.807) is 6.07 Å². The van der Waals surface area contributed by atoms with Crippen molar-refractivity contribution in [3.05, 3.63) is 93.7 Å². The molecule has 154 valence electrons. The highest BCUT2D eigenvalue weighted by Crippen LogP contribution is 2.11. The zero-order chi connectivity index (χ0) is 21.7. The molecule has 8 heteroatoms. The normalized spacial score (nSPS) is 11.7. The third kappa shape index (κ3) is 5.16. The molecule has 3 rings (SSSR count). The molecule has 2 N–H and O–H groups in total. The van der Waals surface area contributed by atoms with Gasteiger partial charge < -0.3 is 10.4 Å². The van der Waals surface area contributed by atoms with Crippen LogP contribution < -0.4 is 10.7 Å². The number of carbonyl (C=O) groups is 2. The van der Waals surface area contributed by atoms with Gasteiger partial charge in [-0.2, -0.15) is 5.10 Å². The van der Waals surface area contributed by atoms with Crippen molar-refractivity contribution in [1.29, 1.82) is 0 Å². The van der Waals surface area contributed by atoms with Crippen LogP contribution in [0.15, 0.2) is 65.6 Å². The highest BCUT2D eigenvalue weighted by atomic mass is 19.1. The summed E-state index contributed by atoms with van der Waals surface area (Å²) in [6, 6.07) is 14.1. The van der Waals surface area contributed by atoms with Gasteiger partial charge in [0, 0.05) is 18.8 Å². The van der Waals surface area contributed by atoms with Crippen LogP contribution in [-0.4, -0.2) is 33.3 Å². The van der Waals surface area contributed by atoms with Crippen molar-refractivity contribution >= 4 is 11.9 Å². The van der Waals surface area contributed by atoms with E-state index in [-0.39, 0.29) is 13.0 Å². The number of aliphatic carboxylic acids is 1. The summed E-state index contributed by atoms with van der Waals surface area (Å²) in [5.41, 5.74) is 1.16. The quantitative estimate of drug-likeness (QED) is 0.624. The van der Waals surface area contributed by atoms with Crippen molar-refractivity contribution in [3.8, 4) is 5.69 Å². The zero-order valence-electron chi connectivity index (χ0n) is 16.2. The molecule has 0 saturated carbocycles. The number of hydrogen-bond donors (Lipinski definition) is 2. The Bertz CT molecular complexity index is 1140. The fourth-order valence-corrected chi connectivity index (χ4v) is 3.00. The van der Waals surface area contributed by atoms with Crippen molar-refractivity contribution in [2.75, 3.05) is 6.54 Å². The van der Waals surface area contributed by atoms with Crippen LogP contribution in [0.25, 0.3) is 5.69 Å². The summed E-state index contributed by atoms with van der Waals surface area (Å²) in [5, 5.41) is 15.9. The van der Waals surface area contributed by atoms with E-state index >= 15 is 0 Å². The first-order valence-corrected chi connectivity index (χ1v) is 9.26. The Labute approximate surface area is 171 Å². The fourth-order valence-electron chi connectivity index (χ4n) is 3.00. The monoisotopic (exact) mass is 409 g/mol. The molecular weight excluding hydrogens is 389 g/mol. The largest absolute Gasteiger partial charge is 0.481 e. The van der Waals surface area contributed by atoms with Crippen molar-refractivity contribution in [2.24, 2.45) is 5.92 Å². The molecule has 1 amide bonds. The van der Waals surface area contributed by atoms with Crippen molar-refractivity contribution in [1.82, 2.24) is 15.1 Å². The molecule has 0 saturated heterocycles. The molecule has 2 aromatic carbocycles. The van der Waals surface area contributed by atoms with Crippen LogP contribution in [0.1, 0.15) is 21.6 Å². The number of carbonyl (C=O) groups excluding carboxylic acids is 1. The first-order chi connectivity index (χ1) is 14.3. The minimum absolute atomic E-state index is 0.169. The number of aryl methyl sites for hydroxylation is 1. The maximum atomic E-state index is 13.4. The minimum atomic E-state index is -1.06. The molecule has 1 heterocycles. The van der Waals surface area contributed by atoms with Gasteiger partial charge in [-0.1, -0.05) is 35.9 Å². The predicted octanol–water partition coefficient (Wildman–Crippen LogP) is 2.35. The zero-order valence-corrected chi connectivity index (χ0v) is 16.2. The van der Waals surface area contributed by atoms with Crippen molar-refractivity contribution in [3.63, 3.8) is 0 Å². The SMILES string of the molecule is Cc1cccc(C[C@@H](CNC(=O)c2nn(-c3cccc(F)c3)ccc2=O)C(=O)O)c1. The number of carboxylic acid groups (broad SMARTS) is 1. The average Bonchev–Trinajstić information content (AvgIpc) is 2.71. The van der Waals surface area contributed by atoms with E-state index in [0.717, 1.165) is 17.2 Å². The van der Waals surface area contributed by atoms with Gasteiger partial charge in [0.05, 0.1) is 11.6 Å². The van der Waals surface area contributed by atoms with E-state index in [4.69, 9.17) is 0 Å². The average molecular weight is 409 g/mol. The summed E-state index contributed by atoms with van der Waals surface area (Å²) in [6.45, 7) is 1.74. The number of carboxylic acids is 1. The molecule has 0 bridgehead atoms. The Morgan fingerprint density at radius 3 is 2.63 bits per heavy atom. The number of nitrogens with zero attached hydrogens (tertiary/aromatic N) is 2. The Morgan fingerprint density at radius 2 is 1.93 bits per heavy atom. The molecule has 0 aliphatic heterocycles. The maximum Gasteiger partial charge on any atom is 0.308 e. The summed E-state index contributed by atoms with van der Waals surface area (Å²) in [7, 11) is 0. The summed E-state index contributed by atoms with van der Waals surface area (Å²) < 4.78 is 14.7. The minimum Gasteiger partial charge on any atom is -0.481 e. The lowest BCUT2D eigenvalue weighted by Gasteiger charge is -2.14. The maximum absolute atomic E-state index is 13.4. The molecule has 0 unspecified atom stereocenters. The van der Waals surface area contributed by atoms with Crippen LogP contribution in [0, 0.1) is 18.7 Å². The van der Waals surface area contributed by atoms with E-state index < -0.39 is 34.7 Å². The van der Waals surface area contributed by atoms with Gasteiger partial charge >= 0.3 is 5.97 Å². The van der Waals surface area contributed by atoms with Gasteiger partial charge in [-0.05, 0) is 37.1 Å². The standard InChI is InChI=1S/C22H20FN3O4/c1-14-4-2-5-15(10-14)11-16(22(29)30)13-24-21(28)20-19(27)8-9-26(25-20)18-7-3-6-17(23)12-18/h2-10,12,16H,11,13H2,1H3,(H,24,28)(H,29,30)/t16-/m0/s1. The van der Waals surface area contributed by atoms with E-state index in [2.05, 4.69) is 10.4 Å². The van der Waals surface area contributed by atoms with E-state index in [9.17, 15) is 23.9 Å². The summed E-state index contributed by atoms with van der Waals surface area (Å²) >= 11 is 0. The molecular formula is C22H20FN3O4. The summed E-state index contributed by atoms with van der Waals surface area (Å²) in [4.78, 5) is 36.2. The third-order valence-electron chi connectivity index (χ3n) is 4.52. The van der Waals surface area contributed by atoms with Gasteiger partial charge in [0.15, 0.2) is 5.69 Å². The molecule has 0 radical (unpaired) electrons. The van der Waals surface area contributed by atoms with Gasteiger partial charge in [0.1, 0.15) is 5.82 Å². The molecule has 0 fully saturated rings. The third-order valence-corrected chi connectivity index (χ3v) is 4.52. The number of rotatable bonds is 7. The number of amides is 1. The van der Waals surface area contributed by atoms with E-state index in [0.29, 0.717) is 5.69 Å². The Hall–Kier alpha value is -3.81. The van der Waals surface area contributed by atoms with Gasteiger partial charge in [-0.3, -0.25) is 14.4 Å². The second-order valence-corrected chi connectivity index (χ2v) is 6.89. The van der Waals surface area contributed by atoms with Crippen LogP contribution in [-0.2, 0) is 11.2 Å². The van der Waals surface area contributed by atoms with E-state index in [1.807, 2.05) is 31.2 Å². The number of hydrogen-bond acceptors (Lipinski definition) is 4. The topological polar surface area (TPSA) is 101 Å². The lowest BCUT2D eigenvalue weighted by Crippen LogP contribution is -2.37. The number of halogens is 1. The molecule has 1 aromatic heterocycles. The Balaban J connectivity index is 1.75. The van der Waals surface area contributed by atoms with Gasteiger partial charge in [0.25, 0.3) is 5.91 Å². The van der Waals surface area contributed by atoms with Crippen LogP contribution in [0.5, 0.6) is 0 Å². The lowest BCUT2D eigenvalue weighted by molar-refractivity contribution is -0.141. The van der Waals surface area contributed by atoms with Crippen LogP contribution >= 0.6 is 0 Å². The molecule has 3 aromatic rings. The van der Waals surface area contributed by atoms with Crippen molar-refractivity contribution < 1.29 is 19.1 Å². The summed E-state index contributed by atoms with van der Waals surface area (Å²) in [6.07, 6.45) is 1.55. The van der Waals surface area contributed by atoms with Crippen LogP contribution in [0.2, 0.25) is 0 Å². The van der Waals surface area contributed by atoms with Crippen LogP contribution in [0.4, 0.5) is 4.39 Å². The van der Waals surface area contributed by atoms with E-state index in [1.165, 1.54) is 29.1 Å². The fraction of sp³-hybridized carbons (Fsp3) is 0.182. The van der Waals surface area contributed by atoms with Gasteiger partial charge in [0.2, 0.25) is 5.43 Å². The smallest absolute Gasteiger partial charge is 0.308 e. The second-order valence-electron chi connectivity index (χ2n) is 6.89. The molecule has 0 spiro atoms. The Kier molecular flexibility index (Phi) is 6.36. The number of nitrogens with one attached hydrogen (secondary N) is 1. The van der Waals surface area contributed by atoms with Crippen molar-refractivity contribution in [2.45, 2.75) is 13.3 Å². The van der Waals surface area contributed by atoms with Crippen LogP contribution in [0.3, 0.4) is 0 Å². The van der Waals surface area contributed by atoms with Gasteiger partial charge in [-0.25, -0.2) is 9.07 Å². The molecule has 30 heavy (non-hydrogen) atoms. The molecule has 0 aliphatic rings.